The molecule has 0 saturated heterocycles. The van der Waals surface area contributed by atoms with E-state index in [0.717, 1.165) is 38.5 Å². The molecule has 0 spiro atoms. The summed E-state index contributed by atoms with van der Waals surface area (Å²) < 4.78 is 5.96. The molecule has 3 nitrogen and oxygen atoms in total. The van der Waals surface area contributed by atoms with Gasteiger partial charge in [-0.15, -0.1) is 0 Å². The molecule has 2 unspecified atom stereocenters. The third kappa shape index (κ3) is 4.96. The van der Waals surface area contributed by atoms with Crippen LogP contribution in [0.1, 0.15) is 66.2 Å². The van der Waals surface area contributed by atoms with Gasteiger partial charge in [0.25, 0.3) is 0 Å². The lowest BCUT2D eigenvalue weighted by molar-refractivity contribution is -0.163. The molecule has 0 aliphatic heterocycles. The molecular formula is C12H28N2O. The molecular weight excluding hydrogens is 188 g/mol. The van der Waals surface area contributed by atoms with Gasteiger partial charge >= 0.3 is 0 Å². The molecule has 0 bridgehead atoms. The van der Waals surface area contributed by atoms with Gasteiger partial charge in [-0.2, -0.15) is 0 Å². The van der Waals surface area contributed by atoms with E-state index in [-0.39, 0.29) is 0 Å². The summed E-state index contributed by atoms with van der Waals surface area (Å²) in [5.74, 6) is 0. The fraction of sp³-hybridized carbons (Fsp3) is 1.00. The van der Waals surface area contributed by atoms with Crippen LogP contribution in [0.25, 0.3) is 0 Å². The van der Waals surface area contributed by atoms with Crippen LogP contribution in [-0.2, 0) is 4.74 Å². The fourth-order valence-electron chi connectivity index (χ4n) is 1.85. The zero-order valence-corrected chi connectivity index (χ0v) is 10.8. The van der Waals surface area contributed by atoms with Crippen molar-refractivity contribution in [2.24, 2.45) is 11.5 Å². The van der Waals surface area contributed by atoms with E-state index in [1.807, 2.05) is 0 Å². The van der Waals surface area contributed by atoms with Gasteiger partial charge in [0.05, 0.1) is 0 Å². The number of nitrogens with two attached hydrogens (primary N) is 2. The zero-order chi connectivity index (χ0) is 11.9. The van der Waals surface area contributed by atoms with Crippen LogP contribution in [0.2, 0.25) is 0 Å². The van der Waals surface area contributed by atoms with Crippen molar-refractivity contribution in [3.05, 3.63) is 0 Å². The standard InChI is InChI=1S/C12H28N2O/c1-5-9-11(13,7-3)15-12(14,8-4)10-6-2/h5-10,13-14H2,1-4H3. The van der Waals surface area contributed by atoms with Gasteiger partial charge in [-0.05, 0) is 25.7 Å². The molecule has 3 heteroatoms. The van der Waals surface area contributed by atoms with Crippen molar-refractivity contribution in [2.75, 3.05) is 0 Å². The lowest BCUT2D eigenvalue weighted by Gasteiger charge is -2.39. The van der Waals surface area contributed by atoms with Crippen molar-refractivity contribution < 1.29 is 4.74 Å². The second-order valence-corrected chi connectivity index (χ2v) is 4.44. The first-order valence-corrected chi connectivity index (χ1v) is 6.23. The Bertz CT molecular complexity index is 157. The second kappa shape index (κ2) is 6.46. The summed E-state index contributed by atoms with van der Waals surface area (Å²) in [5.41, 5.74) is 11.3. The van der Waals surface area contributed by atoms with Crippen LogP contribution < -0.4 is 11.5 Å². The van der Waals surface area contributed by atoms with E-state index in [1.54, 1.807) is 0 Å². The molecule has 15 heavy (non-hydrogen) atoms. The highest BCUT2D eigenvalue weighted by Crippen LogP contribution is 2.26. The summed E-state index contributed by atoms with van der Waals surface area (Å²) in [4.78, 5) is 0. The molecule has 0 heterocycles. The molecule has 2 atom stereocenters. The van der Waals surface area contributed by atoms with Crippen molar-refractivity contribution in [3.63, 3.8) is 0 Å². The summed E-state index contributed by atoms with van der Waals surface area (Å²) in [7, 11) is 0. The quantitative estimate of drug-likeness (QED) is 0.613. The van der Waals surface area contributed by atoms with Crippen LogP contribution >= 0.6 is 0 Å². The minimum atomic E-state index is -0.547. The topological polar surface area (TPSA) is 61.3 Å². The van der Waals surface area contributed by atoms with Gasteiger partial charge in [0.2, 0.25) is 0 Å². The van der Waals surface area contributed by atoms with E-state index in [2.05, 4.69) is 27.7 Å². The normalized spacial score (nSPS) is 19.6. The molecule has 0 radical (unpaired) electrons. The van der Waals surface area contributed by atoms with Gasteiger partial charge in [-0.1, -0.05) is 40.5 Å². The van der Waals surface area contributed by atoms with Crippen LogP contribution in [0, 0.1) is 0 Å². The molecule has 4 N–H and O–H groups in total. The summed E-state index contributed by atoms with van der Waals surface area (Å²) in [6, 6.07) is 0. The van der Waals surface area contributed by atoms with Crippen molar-refractivity contribution >= 4 is 0 Å². The maximum absolute atomic E-state index is 6.20. The molecule has 0 aromatic heterocycles. The molecule has 0 aromatic carbocycles. The SMILES string of the molecule is CCCC(N)(CC)OC(N)(CC)CCC. The first-order chi connectivity index (χ1) is 6.95. The van der Waals surface area contributed by atoms with Gasteiger partial charge in [0, 0.05) is 0 Å². The Morgan fingerprint density at radius 2 is 1.13 bits per heavy atom. The summed E-state index contributed by atoms with van der Waals surface area (Å²) in [6.07, 6.45) is 5.40. The minimum Gasteiger partial charge on any atom is -0.340 e. The highest BCUT2D eigenvalue weighted by atomic mass is 16.5. The van der Waals surface area contributed by atoms with Crippen LogP contribution in [0.15, 0.2) is 0 Å². The number of rotatable bonds is 8. The Kier molecular flexibility index (Phi) is 6.41. The molecule has 0 aliphatic carbocycles. The molecule has 0 fully saturated rings. The molecule has 0 aromatic rings. The lowest BCUT2D eigenvalue weighted by atomic mass is 10.0. The molecule has 0 amide bonds. The van der Waals surface area contributed by atoms with Gasteiger partial charge < -0.3 is 16.2 Å². The summed E-state index contributed by atoms with van der Waals surface area (Å²) in [5, 5.41) is 0. The molecule has 0 saturated carbocycles. The Labute approximate surface area is 94.5 Å². The first-order valence-electron chi connectivity index (χ1n) is 6.23. The fourth-order valence-corrected chi connectivity index (χ4v) is 1.85. The summed E-state index contributed by atoms with van der Waals surface area (Å²) >= 11 is 0. The average Bonchev–Trinajstić information content (AvgIpc) is 2.18. The van der Waals surface area contributed by atoms with Crippen LogP contribution in [0.5, 0.6) is 0 Å². The monoisotopic (exact) mass is 216 g/mol. The Morgan fingerprint density at radius 1 is 0.800 bits per heavy atom. The van der Waals surface area contributed by atoms with Crippen molar-refractivity contribution in [2.45, 2.75) is 77.7 Å². The highest BCUT2D eigenvalue weighted by Gasteiger charge is 2.33. The minimum absolute atomic E-state index is 0.547. The Hall–Kier alpha value is -0.120. The summed E-state index contributed by atoms with van der Waals surface area (Å²) in [6.45, 7) is 8.34. The largest absolute Gasteiger partial charge is 0.340 e. The smallest absolute Gasteiger partial charge is 0.118 e. The van der Waals surface area contributed by atoms with E-state index >= 15 is 0 Å². The van der Waals surface area contributed by atoms with E-state index in [4.69, 9.17) is 16.2 Å². The second-order valence-electron chi connectivity index (χ2n) is 4.44. The maximum atomic E-state index is 6.20. The average molecular weight is 216 g/mol. The molecule has 92 valence electrons. The van der Waals surface area contributed by atoms with Gasteiger partial charge in [0.15, 0.2) is 0 Å². The van der Waals surface area contributed by atoms with Gasteiger partial charge in [-0.3, -0.25) is 0 Å². The van der Waals surface area contributed by atoms with Gasteiger partial charge in [0.1, 0.15) is 11.4 Å². The third-order valence-electron chi connectivity index (χ3n) is 2.95. The third-order valence-corrected chi connectivity index (χ3v) is 2.95. The number of ether oxygens (including phenoxy) is 1. The van der Waals surface area contributed by atoms with Crippen LogP contribution in [-0.4, -0.2) is 11.4 Å². The predicted molar refractivity (Wildman–Crippen MR) is 65.3 cm³/mol. The van der Waals surface area contributed by atoms with Crippen molar-refractivity contribution in [1.29, 1.82) is 0 Å². The van der Waals surface area contributed by atoms with Crippen molar-refractivity contribution in [1.82, 2.24) is 0 Å². The highest BCUT2D eigenvalue weighted by molar-refractivity contribution is 4.79. The number of hydrogen-bond donors (Lipinski definition) is 2. The van der Waals surface area contributed by atoms with E-state index < -0.39 is 11.4 Å². The Balaban J connectivity index is 4.47. The van der Waals surface area contributed by atoms with E-state index in [0.29, 0.717) is 0 Å². The molecule has 0 rings (SSSR count). The molecule has 0 aliphatic rings. The van der Waals surface area contributed by atoms with Crippen LogP contribution in [0.3, 0.4) is 0 Å². The zero-order valence-electron chi connectivity index (χ0n) is 10.8. The van der Waals surface area contributed by atoms with Gasteiger partial charge in [-0.25, -0.2) is 0 Å². The maximum Gasteiger partial charge on any atom is 0.118 e. The first kappa shape index (κ1) is 14.9. The predicted octanol–water partition coefficient (Wildman–Crippen LogP) is 2.73. The van der Waals surface area contributed by atoms with E-state index in [9.17, 15) is 0 Å². The lowest BCUT2D eigenvalue weighted by Crippen LogP contribution is -2.54. The van der Waals surface area contributed by atoms with E-state index in [1.165, 1.54) is 0 Å². The van der Waals surface area contributed by atoms with Crippen molar-refractivity contribution in [3.8, 4) is 0 Å². The Morgan fingerprint density at radius 3 is 1.33 bits per heavy atom. The number of hydrogen-bond acceptors (Lipinski definition) is 3. The van der Waals surface area contributed by atoms with Crippen LogP contribution in [0.4, 0.5) is 0 Å².